The monoisotopic (exact) mass is 135 g/mol. The Labute approximate surface area is 51.6 Å². The molecule has 0 bridgehead atoms. The van der Waals surface area contributed by atoms with Gasteiger partial charge in [-0.1, -0.05) is 0 Å². The number of aliphatic carboxylic acids is 1. The fourth-order valence-corrected chi connectivity index (χ4v) is 0. The molecule has 6 nitrogen and oxygen atoms in total. The highest BCUT2D eigenvalue weighted by molar-refractivity contribution is 5.71. The van der Waals surface area contributed by atoms with Crippen molar-refractivity contribution in [3.8, 4) is 0 Å². The van der Waals surface area contributed by atoms with E-state index in [9.17, 15) is 0 Å². The Morgan fingerprint density at radius 2 is 1.67 bits per heavy atom. The fourth-order valence-electron chi connectivity index (χ4n) is 0. The zero-order chi connectivity index (χ0) is 7.86. The Morgan fingerprint density at radius 1 is 1.56 bits per heavy atom. The van der Waals surface area contributed by atoms with Crippen molar-refractivity contribution in [1.29, 1.82) is 5.41 Å². The number of carboxylic acid groups (broad SMARTS) is 1. The van der Waals surface area contributed by atoms with E-state index >= 15 is 0 Å². The summed E-state index contributed by atoms with van der Waals surface area (Å²) in [4.78, 5) is 9.12. The van der Waals surface area contributed by atoms with Crippen LogP contribution in [0, 0.1) is 5.41 Å². The van der Waals surface area contributed by atoms with Gasteiger partial charge in [0.1, 0.15) is 6.61 Å². The van der Waals surface area contributed by atoms with Crippen molar-refractivity contribution >= 4 is 11.9 Å². The van der Waals surface area contributed by atoms with Crippen LogP contribution in [0.3, 0.4) is 0 Å². The number of rotatable bonds is 1. The van der Waals surface area contributed by atoms with Crippen LogP contribution in [0.5, 0.6) is 0 Å². The summed E-state index contributed by atoms with van der Waals surface area (Å²) in [5.41, 5.74) is 8.94. The molecule has 0 aromatic heterocycles. The highest BCUT2D eigenvalue weighted by Gasteiger charge is 1.82. The number of aliphatic hydroxyl groups excluding tert-OH is 1. The lowest BCUT2D eigenvalue weighted by Gasteiger charge is -1.72. The zero-order valence-corrected chi connectivity index (χ0v) is 4.66. The SMILES string of the molecule is N=C(N)N.O=C(O)CO. The summed E-state index contributed by atoms with van der Waals surface area (Å²) < 4.78 is 0. The molecular weight excluding hydrogens is 126 g/mol. The van der Waals surface area contributed by atoms with Gasteiger partial charge in [0.25, 0.3) is 0 Å². The van der Waals surface area contributed by atoms with Gasteiger partial charge in [0.05, 0.1) is 0 Å². The molecule has 0 aromatic rings. The van der Waals surface area contributed by atoms with Crippen LogP contribution in [0.25, 0.3) is 0 Å². The number of carbonyl (C=O) groups is 1. The third-order valence-electron chi connectivity index (χ3n) is 0.135. The van der Waals surface area contributed by atoms with Crippen LogP contribution in [0.4, 0.5) is 0 Å². The lowest BCUT2D eigenvalue weighted by atomic mass is 10.8. The van der Waals surface area contributed by atoms with Crippen LogP contribution in [0.1, 0.15) is 0 Å². The third kappa shape index (κ3) is 302. The Bertz CT molecular complexity index is 98.5. The summed E-state index contributed by atoms with van der Waals surface area (Å²) in [5, 5.41) is 21.1. The first-order valence-corrected chi connectivity index (χ1v) is 1.92. The second kappa shape index (κ2) is 6.70. The van der Waals surface area contributed by atoms with Crippen LogP contribution in [-0.4, -0.2) is 28.7 Å². The quantitative estimate of drug-likeness (QED) is 0.207. The van der Waals surface area contributed by atoms with Crippen LogP contribution >= 0.6 is 0 Å². The van der Waals surface area contributed by atoms with Gasteiger partial charge in [-0.05, 0) is 0 Å². The van der Waals surface area contributed by atoms with E-state index in [1.54, 1.807) is 0 Å². The van der Waals surface area contributed by atoms with Gasteiger partial charge in [0.15, 0.2) is 5.96 Å². The molecule has 0 atom stereocenters. The molecule has 0 saturated heterocycles. The highest BCUT2D eigenvalue weighted by Crippen LogP contribution is 1.48. The fraction of sp³-hybridized carbons (Fsp3) is 0.333. The number of hydrogen-bond donors (Lipinski definition) is 5. The van der Waals surface area contributed by atoms with Gasteiger partial charge >= 0.3 is 5.97 Å². The molecule has 0 spiro atoms. The number of nitrogens with two attached hydrogens (primary N) is 2. The van der Waals surface area contributed by atoms with Gasteiger partial charge in [0, 0.05) is 0 Å². The maximum absolute atomic E-state index is 9.12. The molecule has 0 aliphatic rings. The van der Waals surface area contributed by atoms with Crippen LogP contribution in [0.2, 0.25) is 0 Å². The van der Waals surface area contributed by atoms with Gasteiger partial charge in [-0.25, -0.2) is 4.79 Å². The van der Waals surface area contributed by atoms with E-state index in [1.165, 1.54) is 0 Å². The van der Waals surface area contributed by atoms with Crippen molar-refractivity contribution in [2.75, 3.05) is 6.61 Å². The number of nitrogens with one attached hydrogen (secondary N) is 1. The number of hydrogen-bond acceptors (Lipinski definition) is 3. The van der Waals surface area contributed by atoms with Gasteiger partial charge in [0.2, 0.25) is 0 Å². The second-order valence-electron chi connectivity index (χ2n) is 1.01. The van der Waals surface area contributed by atoms with Gasteiger partial charge < -0.3 is 21.7 Å². The van der Waals surface area contributed by atoms with Crippen LogP contribution in [-0.2, 0) is 4.79 Å². The summed E-state index contributed by atoms with van der Waals surface area (Å²) >= 11 is 0. The Morgan fingerprint density at radius 3 is 1.67 bits per heavy atom. The van der Waals surface area contributed by atoms with Crippen molar-refractivity contribution in [2.45, 2.75) is 0 Å². The Hall–Kier alpha value is -1.30. The average Bonchev–Trinajstić information content (AvgIpc) is 1.65. The van der Waals surface area contributed by atoms with E-state index in [2.05, 4.69) is 11.5 Å². The molecule has 0 aromatic carbocycles. The largest absolute Gasteiger partial charge is 0.480 e. The molecule has 0 saturated carbocycles. The summed E-state index contributed by atoms with van der Waals surface area (Å²) in [6, 6.07) is 0. The van der Waals surface area contributed by atoms with Crippen molar-refractivity contribution in [3.05, 3.63) is 0 Å². The lowest BCUT2D eigenvalue weighted by molar-refractivity contribution is -0.140. The lowest BCUT2D eigenvalue weighted by Crippen LogP contribution is -2.20. The minimum atomic E-state index is -1.19. The van der Waals surface area contributed by atoms with Crippen molar-refractivity contribution < 1.29 is 15.0 Å². The first kappa shape index (κ1) is 10.6. The number of aliphatic hydroxyl groups is 1. The molecule has 0 aliphatic carbocycles. The third-order valence-corrected chi connectivity index (χ3v) is 0.135. The van der Waals surface area contributed by atoms with Crippen molar-refractivity contribution in [3.63, 3.8) is 0 Å². The summed E-state index contributed by atoms with van der Waals surface area (Å²) in [6.45, 7) is -0.778. The van der Waals surface area contributed by atoms with E-state index in [-0.39, 0.29) is 5.96 Å². The summed E-state index contributed by atoms with van der Waals surface area (Å²) in [7, 11) is 0. The van der Waals surface area contributed by atoms with E-state index in [4.69, 9.17) is 20.4 Å². The molecule has 0 rings (SSSR count). The molecule has 7 N–H and O–H groups in total. The molecule has 6 heteroatoms. The van der Waals surface area contributed by atoms with E-state index in [0.717, 1.165) is 0 Å². The average molecular weight is 135 g/mol. The standard InChI is InChI=1S/C2H4O3.CH5N3/c3-1-2(4)5;2-1(3)4/h3H,1H2,(H,4,5);(H5,2,3,4). The minimum Gasteiger partial charge on any atom is -0.480 e. The predicted octanol–water partition coefficient (Wildman–Crippen LogP) is -2.10. The molecule has 0 fully saturated rings. The van der Waals surface area contributed by atoms with Crippen molar-refractivity contribution in [2.24, 2.45) is 11.5 Å². The molecular formula is C3H9N3O3. The highest BCUT2D eigenvalue weighted by atomic mass is 16.4. The van der Waals surface area contributed by atoms with Crippen LogP contribution in [0.15, 0.2) is 0 Å². The molecule has 9 heavy (non-hydrogen) atoms. The van der Waals surface area contributed by atoms with Gasteiger partial charge in [-0.3, -0.25) is 5.41 Å². The van der Waals surface area contributed by atoms with E-state index < -0.39 is 12.6 Å². The van der Waals surface area contributed by atoms with Crippen molar-refractivity contribution in [1.82, 2.24) is 0 Å². The predicted molar refractivity (Wildman–Crippen MR) is 30.8 cm³/mol. The number of guanidine groups is 1. The summed E-state index contributed by atoms with van der Waals surface area (Å²) in [6.07, 6.45) is 0. The minimum absolute atomic E-state index is 0.333. The molecule has 0 radical (unpaired) electrons. The van der Waals surface area contributed by atoms with Gasteiger partial charge in [-0.2, -0.15) is 0 Å². The summed E-state index contributed by atoms with van der Waals surface area (Å²) in [5.74, 6) is -1.52. The Balaban J connectivity index is 0. The van der Waals surface area contributed by atoms with E-state index in [0.29, 0.717) is 0 Å². The zero-order valence-electron chi connectivity index (χ0n) is 4.66. The second-order valence-corrected chi connectivity index (χ2v) is 1.01. The van der Waals surface area contributed by atoms with Crippen LogP contribution < -0.4 is 11.5 Å². The topological polar surface area (TPSA) is 133 Å². The Kier molecular flexibility index (Phi) is 7.92. The van der Waals surface area contributed by atoms with E-state index in [1.807, 2.05) is 0 Å². The molecule has 54 valence electrons. The normalized spacial score (nSPS) is 6.78. The molecule has 0 heterocycles. The maximum atomic E-state index is 9.12. The molecule has 0 aliphatic heterocycles. The molecule has 0 unspecified atom stereocenters. The molecule has 0 amide bonds. The first-order chi connectivity index (χ1) is 4.00. The maximum Gasteiger partial charge on any atom is 0.329 e. The van der Waals surface area contributed by atoms with Gasteiger partial charge in [-0.15, -0.1) is 0 Å². The smallest absolute Gasteiger partial charge is 0.329 e. The first-order valence-electron chi connectivity index (χ1n) is 1.92. The number of carboxylic acids is 1.